The highest BCUT2D eigenvalue weighted by Crippen LogP contribution is 2.17. The zero-order chi connectivity index (χ0) is 19.4. The minimum atomic E-state index is -3.72. The standard InChI is InChI=1S/C18H19N3O4S2/c1-13-3-5-15(6-4-13)18-19-16(25-20-18)11-27(23,24)12-17(22)21(2)9-14-7-8-26-10-14/h3-8,10H,9,11-12H2,1-2H3. The predicted octanol–water partition coefficient (Wildman–Crippen LogP) is 2.68. The Morgan fingerprint density at radius 2 is 1.96 bits per heavy atom. The topological polar surface area (TPSA) is 93.4 Å². The number of sulfone groups is 1. The Bertz CT molecular complexity index is 1010. The fraction of sp³-hybridized carbons (Fsp3) is 0.278. The molecular formula is C18H19N3O4S2. The number of nitrogens with zero attached hydrogens (tertiary/aromatic N) is 3. The fourth-order valence-corrected chi connectivity index (χ4v) is 4.27. The van der Waals surface area contributed by atoms with Gasteiger partial charge in [0.2, 0.25) is 17.6 Å². The highest BCUT2D eigenvalue weighted by Gasteiger charge is 2.23. The molecule has 27 heavy (non-hydrogen) atoms. The van der Waals surface area contributed by atoms with E-state index in [9.17, 15) is 13.2 Å². The fourth-order valence-electron chi connectivity index (χ4n) is 2.42. The molecule has 0 saturated heterocycles. The Morgan fingerprint density at radius 3 is 2.63 bits per heavy atom. The summed E-state index contributed by atoms with van der Waals surface area (Å²) < 4.78 is 29.7. The van der Waals surface area contributed by atoms with Crippen molar-refractivity contribution in [3.8, 4) is 11.4 Å². The molecule has 0 radical (unpaired) electrons. The Labute approximate surface area is 161 Å². The summed E-state index contributed by atoms with van der Waals surface area (Å²) >= 11 is 1.53. The van der Waals surface area contributed by atoms with Crippen LogP contribution in [0.5, 0.6) is 0 Å². The molecule has 2 heterocycles. The first kappa shape index (κ1) is 19.2. The van der Waals surface area contributed by atoms with Crippen LogP contribution in [0.4, 0.5) is 0 Å². The van der Waals surface area contributed by atoms with E-state index in [-0.39, 0.29) is 5.89 Å². The van der Waals surface area contributed by atoms with Gasteiger partial charge in [-0.15, -0.1) is 0 Å². The summed E-state index contributed by atoms with van der Waals surface area (Å²) in [6.45, 7) is 2.33. The Hall–Kier alpha value is -2.52. The maximum absolute atomic E-state index is 12.3. The smallest absolute Gasteiger partial charge is 0.242 e. The molecule has 142 valence electrons. The van der Waals surface area contributed by atoms with Crippen LogP contribution in [0.25, 0.3) is 11.4 Å². The predicted molar refractivity (Wildman–Crippen MR) is 103 cm³/mol. The molecule has 0 bridgehead atoms. The number of hydrogen-bond donors (Lipinski definition) is 0. The molecule has 0 aliphatic rings. The summed E-state index contributed by atoms with van der Waals surface area (Å²) in [5.74, 6) is -1.25. The third kappa shape index (κ3) is 5.24. The lowest BCUT2D eigenvalue weighted by atomic mass is 10.1. The summed E-state index contributed by atoms with van der Waals surface area (Å²) in [5, 5.41) is 7.65. The summed E-state index contributed by atoms with van der Waals surface area (Å²) in [5.41, 5.74) is 2.79. The van der Waals surface area contributed by atoms with Gasteiger partial charge in [-0.05, 0) is 29.3 Å². The first-order valence-corrected chi connectivity index (χ1v) is 10.9. The number of benzene rings is 1. The zero-order valence-electron chi connectivity index (χ0n) is 15.0. The summed E-state index contributed by atoms with van der Waals surface area (Å²) in [6.07, 6.45) is 0. The Morgan fingerprint density at radius 1 is 1.22 bits per heavy atom. The molecular weight excluding hydrogens is 386 g/mol. The molecule has 3 aromatic rings. The van der Waals surface area contributed by atoms with Gasteiger partial charge in [0.25, 0.3) is 0 Å². The van der Waals surface area contributed by atoms with Crippen LogP contribution >= 0.6 is 11.3 Å². The van der Waals surface area contributed by atoms with E-state index in [0.717, 1.165) is 16.7 Å². The van der Waals surface area contributed by atoms with Gasteiger partial charge in [0.05, 0.1) is 0 Å². The van der Waals surface area contributed by atoms with E-state index in [1.54, 1.807) is 7.05 Å². The Kier molecular flexibility index (Phi) is 5.71. The van der Waals surface area contributed by atoms with Crippen LogP contribution in [0.1, 0.15) is 17.0 Å². The van der Waals surface area contributed by atoms with Crippen LogP contribution < -0.4 is 0 Å². The number of carbonyl (C=O) groups is 1. The van der Waals surface area contributed by atoms with Crippen molar-refractivity contribution in [3.63, 3.8) is 0 Å². The lowest BCUT2D eigenvalue weighted by Gasteiger charge is -2.16. The van der Waals surface area contributed by atoms with Crippen LogP contribution in [-0.4, -0.2) is 42.2 Å². The third-order valence-corrected chi connectivity index (χ3v) is 6.00. The number of carbonyl (C=O) groups excluding carboxylic acids is 1. The average Bonchev–Trinajstić information content (AvgIpc) is 3.26. The van der Waals surface area contributed by atoms with E-state index in [1.807, 2.05) is 48.0 Å². The van der Waals surface area contributed by atoms with Gasteiger partial charge in [0, 0.05) is 19.2 Å². The number of thiophene rings is 1. The minimum Gasteiger partial charge on any atom is -0.341 e. The van der Waals surface area contributed by atoms with Crippen molar-refractivity contribution in [1.82, 2.24) is 15.0 Å². The van der Waals surface area contributed by atoms with Crippen molar-refractivity contribution in [2.24, 2.45) is 0 Å². The van der Waals surface area contributed by atoms with Gasteiger partial charge in [0.1, 0.15) is 11.5 Å². The maximum atomic E-state index is 12.3. The van der Waals surface area contributed by atoms with Gasteiger partial charge in [-0.2, -0.15) is 16.3 Å². The molecule has 0 aliphatic heterocycles. The molecule has 0 spiro atoms. The van der Waals surface area contributed by atoms with Crippen LogP contribution in [0, 0.1) is 6.92 Å². The van der Waals surface area contributed by atoms with E-state index in [0.29, 0.717) is 12.4 Å². The quantitative estimate of drug-likeness (QED) is 0.600. The second-order valence-corrected chi connectivity index (χ2v) is 9.14. The van der Waals surface area contributed by atoms with Gasteiger partial charge in [-0.1, -0.05) is 35.0 Å². The van der Waals surface area contributed by atoms with Crippen LogP contribution in [0.2, 0.25) is 0 Å². The van der Waals surface area contributed by atoms with Crippen LogP contribution in [-0.2, 0) is 26.9 Å². The van der Waals surface area contributed by atoms with Crippen molar-refractivity contribution >= 4 is 27.1 Å². The van der Waals surface area contributed by atoms with Gasteiger partial charge in [0.15, 0.2) is 9.84 Å². The van der Waals surface area contributed by atoms with Crippen LogP contribution in [0.3, 0.4) is 0 Å². The molecule has 0 N–H and O–H groups in total. The Balaban J connectivity index is 1.62. The normalized spacial score (nSPS) is 11.5. The second kappa shape index (κ2) is 8.01. The lowest BCUT2D eigenvalue weighted by Crippen LogP contribution is -2.32. The van der Waals surface area contributed by atoms with Gasteiger partial charge in [-0.3, -0.25) is 4.79 Å². The van der Waals surface area contributed by atoms with E-state index in [4.69, 9.17) is 4.52 Å². The van der Waals surface area contributed by atoms with E-state index >= 15 is 0 Å². The van der Waals surface area contributed by atoms with Crippen molar-refractivity contribution < 1.29 is 17.7 Å². The molecule has 7 nitrogen and oxygen atoms in total. The molecule has 0 atom stereocenters. The first-order valence-electron chi connectivity index (χ1n) is 8.17. The van der Waals surface area contributed by atoms with E-state index < -0.39 is 27.3 Å². The molecule has 3 rings (SSSR count). The molecule has 1 amide bonds. The number of aromatic nitrogens is 2. The number of hydrogen-bond acceptors (Lipinski definition) is 7. The molecule has 0 fully saturated rings. The number of aryl methyl sites for hydroxylation is 1. The minimum absolute atomic E-state index is 0.0288. The molecule has 2 aromatic heterocycles. The van der Waals surface area contributed by atoms with Gasteiger partial charge in [-0.25, -0.2) is 8.42 Å². The van der Waals surface area contributed by atoms with Gasteiger partial charge >= 0.3 is 0 Å². The van der Waals surface area contributed by atoms with Crippen molar-refractivity contribution in [3.05, 3.63) is 58.1 Å². The summed E-state index contributed by atoms with van der Waals surface area (Å²) in [6, 6.07) is 9.38. The molecule has 9 heteroatoms. The molecule has 0 saturated carbocycles. The van der Waals surface area contributed by atoms with Crippen molar-refractivity contribution in [2.45, 2.75) is 19.2 Å². The van der Waals surface area contributed by atoms with Crippen LogP contribution in [0.15, 0.2) is 45.6 Å². The number of rotatable bonds is 7. The lowest BCUT2D eigenvalue weighted by molar-refractivity contribution is -0.127. The summed E-state index contributed by atoms with van der Waals surface area (Å²) in [7, 11) is -2.14. The van der Waals surface area contributed by atoms with Gasteiger partial charge < -0.3 is 9.42 Å². The van der Waals surface area contributed by atoms with Crippen molar-refractivity contribution in [2.75, 3.05) is 12.8 Å². The highest BCUT2D eigenvalue weighted by atomic mass is 32.2. The number of amides is 1. The van der Waals surface area contributed by atoms with E-state index in [2.05, 4.69) is 10.1 Å². The highest BCUT2D eigenvalue weighted by molar-refractivity contribution is 7.91. The maximum Gasteiger partial charge on any atom is 0.242 e. The SMILES string of the molecule is Cc1ccc(-c2noc(CS(=O)(=O)CC(=O)N(C)Cc3ccsc3)n2)cc1. The second-order valence-electron chi connectivity index (χ2n) is 6.29. The molecule has 1 aromatic carbocycles. The largest absolute Gasteiger partial charge is 0.341 e. The van der Waals surface area contributed by atoms with E-state index in [1.165, 1.54) is 16.2 Å². The van der Waals surface area contributed by atoms with Crippen molar-refractivity contribution in [1.29, 1.82) is 0 Å². The monoisotopic (exact) mass is 405 g/mol. The first-order chi connectivity index (χ1) is 12.8. The average molecular weight is 406 g/mol. The summed E-state index contributed by atoms with van der Waals surface area (Å²) in [4.78, 5) is 17.7. The zero-order valence-corrected chi connectivity index (χ0v) is 16.6. The molecule has 0 aliphatic carbocycles. The molecule has 0 unspecified atom stereocenters. The third-order valence-electron chi connectivity index (χ3n) is 3.89.